The lowest BCUT2D eigenvalue weighted by Crippen LogP contribution is -2.05. The van der Waals surface area contributed by atoms with E-state index >= 15 is 0 Å². The van der Waals surface area contributed by atoms with Crippen LogP contribution in [0.1, 0.15) is 16.7 Å². The normalized spacial score (nSPS) is 12.2. The zero-order valence-corrected chi connectivity index (χ0v) is 13.5. The number of nitrogens with zero attached hydrogens (tertiary/aromatic N) is 2. The molecule has 0 spiro atoms. The van der Waals surface area contributed by atoms with Gasteiger partial charge in [-0.2, -0.15) is 13.2 Å². The van der Waals surface area contributed by atoms with Crippen LogP contribution < -0.4 is 0 Å². The van der Waals surface area contributed by atoms with E-state index < -0.39 is 11.7 Å². The van der Waals surface area contributed by atoms with Crippen LogP contribution in [-0.4, -0.2) is 9.55 Å². The number of alkyl halides is 3. The Kier molecular flexibility index (Phi) is 3.53. The van der Waals surface area contributed by atoms with Gasteiger partial charge in [-0.1, -0.05) is 36.4 Å². The number of benzene rings is 2. The summed E-state index contributed by atoms with van der Waals surface area (Å²) in [5.74, 6) is 0. The van der Waals surface area contributed by atoms with Crippen molar-refractivity contribution < 1.29 is 13.2 Å². The summed E-state index contributed by atoms with van der Waals surface area (Å²) in [5.41, 5.74) is 2.98. The third-order valence-corrected chi connectivity index (χ3v) is 4.55. The van der Waals surface area contributed by atoms with E-state index in [2.05, 4.69) is 9.55 Å². The van der Waals surface area contributed by atoms with Crippen LogP contribution in [0.2, 0.25) is 0 Å². The van der Waals surface area contributed by atoms with Gasteiger partial charge >= 0.3 is 6.18 Å². The highest BCUT2D eigenvalue weighted by atomic mass is 19.4. The van der Waals surface area contributed by atoms with Crippen LogP contribution in [0.5, 0.6) is 0 Å². The minimum Gasteiger partial charge on any atom is -0.342 e. The second-order valence-corrected chi connectivity index (χ2v) is 6.14. The van der Waals surface area contributed by atoms with Gasteiger partial charge in [-0.3, -0.25) is 4.98 Å². The molecule has 0 atom stereocenters. The number of aromatic nitrogens is 2. The van der Waals surface area contributed by atoms with Crippen molar-refractivity contribution in [2.45, 2.75) is 12.6 Å². The van der Waals surface area contributed by atoms with Crippen molar-refractivity contribution in [3.8, 4) is 0 Å². The third kappa shape index (κ3) is 2.65. The summed E-state index contributed by atoms with van der Waals surface area (Å²) >= 11 is 0. The van der Waals surface area contributed by atoms with Gasteiger partial charge in [0.1, 0.15) is 0 Å². The Morgan fingerprint density at radius 1 is 0.960 bits per heavy atom. The fourth-order valence-electron chi connectivity index (χ4n) is 3.38. The molecule has 5 heteroatoms. The molecule has 0 saturated heterocycles. The Morgan fingerprint density at radius 3 is 2.56 bits per heavy atom. The van der Waals surface area contributed by atoms with E-state index in [-0.39, 0.29) is 0 Å². The van der Waals surface area contributed by atoms with E-state index in [1.165, 1.54) is 12.1 Å². The second kappa shape index (κ2) is 5.62. The van der Waals surface area contributed by atoms with E-state index in [4.69, 9.17) is 0 Å². The summed E-state index contributed by atoms with van der Waals surface area (Å²) in [4.78, 5) is 4.29. The molecule has 2 aromatic carbocycles. The molecule has 2 nitrogen and oxygen atoms in total. The highest BCUT2D eigenvalue weighted by Crippen LogP contribution is 2.33. The van der Waals surface area contributed by atoms with Crippen molar-refractivity contribution in [1.29, 1.82) is 0 Å². The molecule has 0 N–H and O–H groups in total. The lowest BCUT2D eigenvalue weighted by atomic mass is 10.00. The number of rotatable bonds is 2. The van der Waals surface area contributed by atoms with E-state index in [1.807, 2.05) is 31.3 Å². The molecule has 0 aliphatic heterocycles. The van der Waals surface area contributed by atoms with Crippen LogP contribution in [-0.2, 0) is 19.6 Å². The predicted octanol–water partition coefficient (Wildman–Crippen LogP) is 5.34. The Labute approximate surface area is 142 Å². The van der Waals surface area contributed by atoms with Crippen LogP contribution >= 0.6 is 0 Å². The van der Waals surface area contributed by atoms with Crippen molar-refractivity contribution in [2.75, 3.05) is 0 Å². The monoisotopic (exact) mass is 340 g/mol. The zero-order valence-electron chi connectivity index (χ0n) is 13.5. The Morgan fingerprint density at radius 2 is 1.76 bits per heavy atom. The maximum atomic E-state index is 13.0. The Bertz CT molecular complexity index is 1080. The van der Waals surface area contributed by atoms with Crippen molar-refractivity contribution in [3.05, 3.63) is 77.6 Å². The summed E-state index contributed by atoms with van der Waals surface area (Å²) < 4.78 is 40.9. The fourth-order valence-corrected chi connectivity index (χ4v) is 3.38. The van der Waals surface area contributed by atoms with Crippen LogP contribution in [0.3, 0.4) is 0 Å². The quantitative estimate of drug-likeness (QED) is 0.482. The highest BCUT2D eigenvalue weighted by Gasteiger charge is 2.30. The third-order valence-electron chi connectivity index (χ3n) is 4.55. The fraction of sp³-hybridized carbons (Fsp3) is 0.150. The van der Waals surface area contributed by atoms with Crippen LogP contribution in [0.4, 0.5) is 13.2 Å². The molecule has 0 aliphatic rings. The number of hydrogen-bond donors (Lipinski definition) is 0. The van der Waals surface area contributed by atoms with Gasteiger partial charge in [-0.15, -0.1) is 0 Å². The van der Waals surface area contributed by atoms with Crippen LogP contribution in [0, 0.1) is 0 Å². The number of pyridine rings is 1. The van der Waals surface area contributed by atoms with Gasteiger partial charge in [0, 0.05) is 29.5 Å². The number of halogens is 3. The van der Waals surface area contributed by atoms with Crippen LogP contribution in [0.25, 0.3) is 21.8 Å². The topological polar surface area (TPSA) is 17.8 Å². The van der Waals surface area contributed by atoms with E-state index in [0.29, 0.717) is 12.0 Å². The molecule has 2 aromatic heterocycles. The first-order chi connectivity index (χ1) is 11.9. The first-order valence-electron chi connectivity index (χ1n) is 7.91. The van der Waals surface area contributed by atoms with Gasteiger partial charge in [-0.25, -0.2) is 0 Å². The average molecular weight is 340 g/mol. The maximum absolute atomic E-state index is 13.0. The van der Waals surface area contributed by atoms with Crippen LogP contribution in [0.15, 0.2) is 60.9 Å². The van der Waals surface area contributed by atoms with Gasteiger partial charge < -0.3 is 4.57 Å². The molecule has 0 radical (unpaired) electrons. The largest absolute Gasteiger partial charge is 0.416 e. The molecule has 0 bridgehead atoms. The first-order valence-corrected chi connectivity index (χ1v) is 7.91. The lowest BCUT2D eigenvalue weighted by Gasteiger charge is -2.09. The second-order valence-electron chi connectivity index (χ2n) is 6.14. The SMILES string of the molecule is Cn1c2ccccc2c2c(Cc3cccc(C(F)(F)F)c3)cncc21. The van der Waals surface area contributed by atoms with Gasteiger partial charge in [0.2, 0.25) is 0 Å². The van der Waals surface area contributed by atoms with E-state index in [0.717, 1.165) is 33.4 Å². The molecule has 0 unspecified atom stereocenters. The summed E-state index contributed by atoms with van der Waals surface area (Å²) in [5, 5.41) is 2.13. The molecular weight excluding hydrogens is 325 g/mol. The number of fused-ring (bicyclic) bond motifs is 3. The standard InChI is InChI=1S/C20H15F3N2/c1-25-17-8-3-2-7-16(17)19-14(11-24-12-18(19)25)9-13-5-4-6-15(10-13)20(21,22)23/h2-8,10-12H,9H2,1H3. The van der Waals surface area contributed by atoms with E-state index in [1.54, 1.807) is 18.5 Å². The van der Waals surface area contributed by atoms with E-state index in [9.17, 15) is 13.2 Å². The van der Waals surface area contributed by atoms with Gasteiger partial charge in [0.25, 0.3) is 0 Å². The predicted molar refractivity (Wildman–Crippen MR) is 92.5 cm³/mol. The molecule has 25 heavy (non-hydrogen) atoms. The molecule has 0 aliphatic carbocycles. The summed E-state index contributed by atoms with van der Waals surface area (Å²) in [6.07, 6.45) is -0.387. The van der Waals surface area contributed by atoms with Crippen molar-refractivity contribution in [3.63, 3.8) is 0 Å². The number of para-hydroxylation sites is 1. The molecule has 2 heterocycles. The first kappa shape index (κ1) is 15.7. The van der Waals surface area contributed by atoms with Gasteiger partial charge in [0.05, 0.1) is 17.3 Å². The molecule has 0 amide bonds. The maximum Gasteiger partial charge on any atom is 0.416 e. The van der Waals surface area contributed by atoms with Crippen molar-refractivity contribution in [1.82, 2.24) is 9.55 Å². The molecule has 4 aromatic rings. The lowest BCUT2D eigenvalue weighted by molar-refractivity contribution is -0.137. The minimum atomic E-state index is -4.33. The van der Waals surface area contributed by atoms with Crippen molar-refractivity contribution >= 4 is 21.8 Å². The average Bonchev–Trinajstić information content (AvgIpc) is 2.89. The molecule has 0 saturated carbocycles. The minimum absolute atomic E-state index is 0.405. The smallest absolute Gasteiger partial charge is 0.342 e. The highest BCUT2D eigenvalue weighted by molar-refractivity contribution is 6.09. The molecular formula is C20H15F3N2. The molecule has 4 rings (SSSR count). The van der Waals surface area contributed by atoms with Gasteiger partial charge in [-0.05, 0) is 29.7 Å². The Hall–Kier alpha value is -2.82. The number of aryl methyl sites for hydroxylation is 1. The molecule has 126 valence electrons. The summed E-state index contributed by atoms with van der Waals surface area (Å²) in [6, 6.07) is 13.5. The molecule has 0 fully saturated rings. The summed E-state index contributed by atoms with van der Waals surface area (Å²) in [6.45, 7) is 0. The Balaban J connectivity index is 1.87. The zero-order chi connectivity index (χ0) is 17.6. The van der Waals surface area contributed by atoms with Gasteiger partial charge in [0.15, 0.2) is 0 Å². The van der Waals surface area contributed by atoms with Crippen molar-refractivity contribution in [2.24, 2.45) is 7.05 Å². The summed E-state index contributed by atoms with van der Waals surface area (Å²) in [7, 11) is 1.97. The number of hydrogen-bond acceptors (Lipinski definition) is 1.